The van der Waals surface area contributed by atoms with Gasteiger partial charge in [-0.3, -0.25) is 4.79 Å². The lowest BCUT2D eigenvalue weighted by molar-refractivity contribution is -0.142. The molecule has 0 heterocycles. The van der Waals surface area contributed by atoms with E-state index in [9.17, 15) is 4.79 Å². The Balaban J connectivity index is 2.93. The predicted molar refractivity (Wildman–Crippen MR) is 62.5 cm³/mol. The van der Waals surface area contributed by atoms with Gasteiger partial charge in [0.05, 0.1) is 19.8 Å². The summed E-state index contributed by atoms with van der Waals surface area (Å²) in [4.78, 5) is 10.8. The zero-order valence-corrected chi connectivity index (χ0v) is 9.97. The molecule has 0 fully saturated rings. The van der Waals surface area contributed by atoms with Crippen molar-refractivity contribution >= 4 is 5.97 Å². The van der Waals surface area contributed by atoms with E-state index in [1.807, 2.05) is 0 Å². The van der Waals surface area contributed by atoms with Crippen LogP contribution in [-0.4, -0.2) is 24.8 Å². The van der Waals surface area contributed by atoms with Crippen LogP contribution in [0.2, 0.25) is 0 Å². The highest BCUT2D eigenvalue weighted by Gasteiger charge is 2.10. The molecule has 0 aliphatic carbocycles. The Hall–Kier alpha value is -1.59. The minimum atomic E-state index is -0.447. The fraction of sp³-hybridized carbons (Fsp3) is 0.417. The van der Waals surface area contributed by atoms with Gasteiger partial charge in [0.25, 0.3) is 0 Å². The van der Waals surface area contributed by atoms with Crippen molar-refractivity contribution < 1.29 is 19.4 Å². The number of ether oxygens (including phenoxy) is 2. The van der Waals surface area contributed by atoms with Crippen LogP contribution < -0.4 is 10.5 Å². The third-order valence-corrected chi connectivity index (χ3v) is 2.36. The van der Waals surface area contributed by atoms with Crippen molar-refractivity contribution in [3.05, 3.63) is 29.3 Å². The van der Waals surface area contributed by atoms with Crippen molar-refractivity contribution in [3.63, 3.8) is 0 Å². The molecule has 3 N–H and O–H groups in total. The number of nitrogens with two attached hydrogens (primary N) is 1. The minimum absolute atomic E-state index is 0.129. The van der Waals surface area contributed by atoms with Gasteiger partial charge in [0.15, 0.2) is 0 Å². The van der Waals surface area contributed by atoms with E-state index >= 15 is 0 Å². The average Bonchev–Trinajstić information content (AvgIpc) is 2.34. The molecule has 1 aromatic rings. The van der Waals surface area contributed by atoms with Crippen LogP contribution in [0.4, 0.5) is 0 Å². The lowest BCUT2D eigenvalue weighted by Crippen LogP contribution is -2.15. The second-order valence-corrected chi connectivity index (χ2v) is 3.64. The summed E-state index contributed by atoms with van der Waals surface area (Å²) >= 11 is 0. The summed E-state index contributed by atoms with van der Waals surface area (Å²) in [6, 6.07) is 4.83. The molecule has 0 radical (unpaired) electrons. The topological polar surface area (TPSA) is 81.8 Å². The van der Waals surface area contributed by atoms with Crippen molar-refractivity contribution in [1.29, 1.82) is 0 Å². The van der Waals surface area contributed by atoms with Crippen LogP contribution in [0.1, 0.15) is 24.1 Å². The molecule has 1 atom stereocenters. The summed E-state index contributed by atoms with van der Waals surface area (Å²) in [5, 5.41) is 8.98. The number of methoxy groups -OCH3 is 1. The lowest BCUT2D eigenvalue weighted by atomic mass is 10.0. The second-order valence-electron chi connectivity index (χ2n) is 3.64. The van der Waals surface area contributed by atoms with Crippen LogP contribution in [0.15, 0.2) is 18.2 Å². The van der Waals surface area contributed by atoms with Gasteiger partial charge in [-0.2, -0.15) is 0 Å². The van der Waals surface area contributed by atoms with E-state index < -0.39 is 6.04 Å². The summed E-state index contributed by atoms with van der Waals surface area (Å²) in [5.41, 5.74) is 7.21. The summed E-state index contributed by atoms with van der Waals surface area (Å²) in [7, 11) is 1.54. The number of hydrogen-bond acceptors (Lipinski definition) is 5. The van der Waals surface area contributed by atoms with Crippen molar-refractivity contribution in [1.82, 2.24) is 0 Å². The van der Waals surface area contributed by atoms with Crippen LogP contribution in [-0.2, 0) is 16.1 Å². The zero-order valence-electron chi connectivity index (χ0n) is 9.97. The Morgan fingerprint density at radius 3 is 2.76 bits per heavy atom. The fourth-order valence-electron chi connectivity index (χ4n) is 1.43. The summed E-state index contributed by atoms with van der Waals surface area (Å²) in [6.07, 6.45) is 0. The molecule has 0 amide bonds. The summed E-state index contributed by atoms with van der Waals surface area (Å²) < 4.78 is 10.1. The monoisotopic (exact) mass is 239 g/mol. The second kappa shape index (κ2) is 6.22. The van der Waals surface area contributed by atoms with Crippen LogP contribution in [0.25, 0.3) is 0 Å². The fourth-order valence-corrected chi connectivity index (χ4v) is 1.43. The van der Waals surface area contributed by atoms with Crippen molar-refractivity contribution in [2.45, 2.75) is 19.6 Å². The van der Waals surface area contributed by atoms with Crippen LogP contribution in [0.3, 0.4) is 0 Å². The first kappa shape index (κ1) is 13.5. The number of aliphatic hydroxyl groups excluding tert-OH is 1. The molecule has 0 aliphatic heterocycles. The van der Waals surface area contributed by atoms with Crippen LogP contribution in [0, 0.1) is 0 Å². The Kier molecular flexibility index (Phi) is 4.93. The maximum Gasteiger partial charge on any atom is 0.302 e. The molecule has 5 nitrogen and oxygen atoms in total. The molecule has 17 heavy (non-hydrogen) atoms. The van der Waals surface area contributed by atoms with Gasteiger partial charge >= 0.3 is 5.97 Å². The Labute approximate surface area is 100 Å². The van der Waals surface area contributed by atoms with E-state index in [0.717, 1.165) is 11.1 Å². The van der Waals surface area contributed by atoms with Gasteiger partial charge in [-0.05, 0) is 17.7 Å². The molecule has 0 saturated carbocycles. The minimum Gasteiger partial charge on any atom is -0.496 e. The van der Waals surface area contributed by atoms with Gasteiger partial charge in [-0.25, -0.2) is 0 Å². The molecule has 0 spiro atoms. The van der Waals surface area contributed by atoms with E-state index in [0.29, 0.717) is 5.75 Å². The van der Waals surface area contributed by atoms with Gasteiger partial charge < -0.3 is 20.3 Å². The van der Waals surface area contributed by atoms with E-state index in [2.05, 4.69) is 0 Å². The molecule has 1 rings (SSSR count). The molecule has 0 bridgehead atoms. The Morgan fingerprint density at radius 1 is 1.53 bits per heavy atom. The first-order valence-corrected chi connectivity index (χ1v) is 5.25. The quantitative estimate of drug-likeness (QED) is 0.741. The molecular weight excluding hydrogens is 222 g/mol. The predicted octanol–water partition coefficient (Wildman–Crippen LogP) is 0.750. The van der Waals surface area contributed by atoms with Gasteiger partial charge in [0.2, 0.25) is 0 Å². The number of aliphatic hydroxyl groups is 1. The lowest BCUT2D eigenvalue weighted by Gasteiger charge is -2.13. The number of esters is 1. The number of carbonyl (C=O) groups is 1. The highest BCUT2D eigenvalue weighted by Crippen LogP contribution is 2.23. The SMILES string of the molecule is COc1ccc([C@@H](N)CO)cc1COC(C)=O. The summed E-state index contributed by atoms with van der Waals surface area (Å²) in [6.45, 7) is 1.33. The summed E-state index contributed by atoms with van der Waals surface area (Å²) in [5.74, 6) is 0.268. The molecule has 1 aromatic carbocycles. The Morgan fingerprint density at radius 2 is 2.24 bits per heavy atom. The Bertz CT molecular complexity index is 392. The highest BCUT2D eigenvalue weighted by atomic mass is 16.5. The smallest absolute Gasteiger partial charge is 0.302 e. The third kappa shape index (κ3) is 3.72. The van der Waals surface area contributed by atoms with Crippen LogP contribution >= 0.6 is 0 Å². The van der Waals surface area contributed by atoms with Crippen molar-refractivity contribution in [3.8, 4) is 5.75 Å². The first-order chi connectivity index (χ1) is 8.08. The van der Waals surface area contributed by atoms with Crippen molar-refractivity contribution in [2.75, 3.05) is 13.7 Å². The van der Waals surface area contributed by atoms with E-state index in [-0.39, 0.29) is 19.2 Å². The van der Waals surface area contributed by atoms with Crippen molar-refractivity contribution in [2.24, 2.45) is 5.73 Å². The van der Waals surface area contributed by atoms with Gasteiger partial charge in [0.1, 0.15) is 12.4 Å². The highest BCUT2D eigenvalue weighted by molar-refractivity contribution is 5.66. The van der Waals surface area contributed by atoms with E-state index in [1.165, 1.54) is 14.0 Å². The average molecular weight is 239 g/mol. The molecule has 0 aromatic heterocycles. The number of hydrogen-bond donors (Lipinski definition) is 2. The molecule has 5 heteroatoms. The maximum atomic E-state index is 10.8. The molecular formula is C12H17NO4. The molecule has 0 unspecified atom stereocenters. The van der Waals surface area contributed by atoms with Gasteiger partial charge in [0, 0.05) is 12.5 Å². The largest absolute Gasteiger partial charge is 0.496 e. The van der Waals surface area contributed by atoms with E-state index in [1.54, 1.807) is 18.2 Å². The maximum absolute atomic E-state index is 10.8. The van der Waals surface area contributed by atoms with E-state index in [4.69, 9.17) is 20.3 Å². The third-order valence-electron chi connectivity index (χ3n) is 2.36. The standard InChI is InChI=1S/C12H17NO4/c1-8(15)17-7-10-5-9(11(13)6-14)3-4-12(10)16-2/h3-5,11,14H,6-7,13H2,1-2H3/t11-/m0/s1. The zero-order chi connectivity index (χ0) is 12.8. The molecule has 0 aliphatic rings. The van der Waals surface area contributed by atoms with Gasteiger partial charge in [-0.15, -0.1) is 0 Å². The first-order valence-electron chi connectivity index (χ1n) is 5.25. The molecule has 0 saturated heterocycles. The number of carbonyl (C=O) groups excluding carboxylic acids is 1. The molecule has 94 valence electrons. The van der Waals surface area contributed by atoms with Crippen LogP contribution in [0.5, 0.6) is 5.75 Å². The van der Waals surface area contributed by atoms with Gasteiger partial charge in [-0.1, -0.05) is 6.07 Å². The number of benzene rings is 1. The normalized spacial score (nSPS) is 12.0. The number of rotatable bonds is 5.